The van der Waals surface area contributed by atoms with Crippen LogP contribution >= 0.6 is 0 Å². The summed E-state index contributed by atoms with van der Waals surface area (Å²) in [5.41, 5.74) is 0. The number of aliphatic carboxylic acids is 1. The molecular formula is C15H28N2O2. The molecule has 0 spiro atoms. The van der Waals surface area contributed by atoms with Crippen molar-refractivity contribution in [3.8, 4) is 0 Å². The molecule has 19 heavy (non-hydrogen) atoms. The first-order valence-corrected chi connectivity index (χ1v) is 7.75. The molecule has 1 saturated carbocycles. The van der Waals surface area contributed by atoms with E-state index in [1.165, 1.54) is 32.1 Å². The topological polar surface area (TPSA) is 43.8 Å². The predicted molar refractivity (Wildman–Crippen MR) is 76.3 cm³/mol. The van der Waals surface area contributed by atoms with Crippen LogP contribution < -0.4 is 0 Å². The van der Waals surface area contributed by atoms with E-state index in [9.17, 15) is 4.79 Å². The van der Waals surface area contributed by atoms with Gasteiger partial charge < -0.3 is 10.0 Å². The Bertz CT molecular complexity index is 303. The molecule has 1 N–H and O–H groups in total. The molecule has 1 saturated heterocycles. The van der Waals surface area contributed by atoms with E-state index in [1.807, 2.05) is 0 Å². The van der Waals surface area contributed by atoms with Crippen molar-refractivity contribution in [3.63, 3.8) is 0 Å². The van der Waals surface area contributed by atoms with Crippen LogP contribution in [0.15, 0.2) is 0 Å². The van der Waals surface area contributed by atoms with Crippen LogP contribution in [0.1, 0.15) is 51.9 Å². The number of carboxylic acid groups (broad SMARTS) is 1. The Labute approximate surface area is 116 Å². The predicted octanol–water partition coefficient (Wildman–Crippen LogP) is 2.19. The van der Waals surface area contributed by atoms with Crippen LogP contribution in [0.4, 0.5) is 0 Å². The van der Waals surface area contributed by atoms with Crippen LogP contribution in [-0.4, -0.2) is 59.1 Å². The van der Waals surface area contributed by atoms with Crippen LogP contribution in [0, 0.1) is 0 Å². The summed E-state index contributed by atoms with van der Waals surface area (Å²) in [5.74, 6) is -0.670. The smallest absolute Gasteiger partial charge is 0.303 e. The molecule has 4 nitrogen and oxygen atoms in total. The fourth-order valence-corrected chi connectivity index (χ4v) is 3.76. The van der Waals surface area contributed by atoms with E-state index in [1.54, 1.807) is 0 Å². The maximum Gasteiger partial charge on any atom is 0.303 e. The van der Waals surface area contributed by atoms with E-state index in [0.717, 1.165) is 25.6 Å². The molecule has 2 atom stereocenters. The van der Waals surface area contributed by atoms with Crippen molar-refractivity contribution in [2.24, 2.45) is 0 Å². The molecule has 0 bridgehead atoms. The van der Waals surface area contributed by atoms with Gasteiger partial charge in [0.05, 0.1) is 0 Å². The summed E-state index contributed by atoms with van der Waals surface area (Å²) < 4.78 is 0. The maximum absolute atomic E-state index is 10.8. The number of carboxylic acids is 1. The summed E-state index contributed by atoms with van der Waals surface area (Å²) >= 11 is 0. The van der Waals surface area contributed by atoms with Gasteiger partial charge >= 0.3 is 5.97 Å². The number of piperazine rings is 1. The monoisotopic (exact) mass is 268 g/mol. The van der Waals surface area contributed by atoms with Crippen molar-refractivity contribution in [1.82, 2.24) is 9.80 Å². The minimum Gasteiger partial charge on any atom is -0.481 e. The van der Waals surface area contributed by atoms with E-state index < -0.39 is 5.97 Å². The third-order valence-corrected chi connectivity index (χ3v) is 4.90. The summed E-state index contributed by atoms with van der Waals surface area (Å²) in [4.78, 5) is 15.8. The minimum atomic E-state index is -0.670. The highest BCUT2D eigenvalue weighted by molar-refractivity contribution is 5.66. The highest BCUT2D eigenvalue weighted by Gasteiger charge is 2.33. The molecule has 0 aromatic carbocycles. The van der Waals surface area contributed by atoms with Gasteiger partial charge in [0, 0.05) is 37.6 Å². The van der Waals surface area contributed by atoms with Crippen LogP contribution in [0.25, 0.3) is 0 Å². The van der Waals surface area contributed by atoms with Crippen molar-refractivity contribution >= 4 is 5.97 Å². The Morgan fingerprint density at radius 2 is 1.89 bits per heavy atom. The molecule has 2 unspecified atom stereocenters. The summed E-state index contributed by atoms with van der Waals surface area (Å²) in [6.45, 7) is 4.44. The summed E-state index contributed by atoms with van der Waals surface area (Å²) in [5, 5.41) is 8.86. The third-order valence-electron chi connectivity index (χ3n) is 4.90. The molecule has 4 heteroatoms. The first-order valence-electron chi connectivity index (χ1n) is 7.75. The summed E-state index contributed by atoms with van der Waals surface area (Å²) in [6, 6.07) is 1.76. The van der Waals surface area contributed by atoms with E-state index in [-0.39, 0.29) is 0 Å². The molecule has 0 aromatic heterocycles. The quantitative estimate of drug-likeness (QED) is 0.849. The lowest BCUT2D eigenvalue weighted by Gasteiger charge is -2.48. The molecule has 0 aromatic rings. The molecular weight excluding hydrogens is 240 g/mol. The lowest BCUT2D eigenvalue weighted by atomic mass is 9.91. The van der Waals surface area contributed by atoms with Crippen molar-refractivity contribution in [2.75, 3.05) is 20.1 Å². The Morgan fingerprint density at radius 1 is 1.21 bits per heavy atom. The van der Waals surface area contributed by atoms with Crippen LogP contribution in [-0.2, 0) is 4.79 Å². The van der Waals surface area contributed by atoms with Gasteiger partial charge in [0.2, 0.25) is 0 Å². The Balaban J connectivity index is 1.93. The van der Waals surface area contributed by atoms with Crippen molar-refractivity contribution in [3.05, 3.63) is 0 Å². The largest absolute Gasteiger partial charge is 0.481 e. The zero-order chi connectivity index (χ0) is 13.8. The highest BCUT2D eigenvalue weighted by Crippen LogP contribution is 2.28. The van der Waals surface area contributed by atoms with Gasteiger partial charge in [0.1, 0.15) is 0 Å². The second kappa shape index (κ2) is 6.71. The maximum atomic E-state index is 10.8. The fourth-order valence-electron chi connectivity index (χ4n) is 3.76. The molecule has 2 aliphatic rings. The number of hydrogen-bond acceptors (Lipinski definition) is 3. The first-order chi connectivity index (χ1) is 9.08. The number of likely N-dealkylation sites (N-methyl/N-ethyl adjacent to an activating group) is 1. The Kier molecular flexibility index (Phi) is 5.22. The van der Waals surface area contributed by atoms with E-state index >= 15 is 0 Å². The summed E-state index contributed by atoms with van der Waals surface area (Å²) in [7, 11) is 2.14. The molecule has 0 amide bonds. The second-order valence-electron chi connectivity index (χ2n) is 6.36. The number of nitrogens with zero attached hydrogens (tertiary/aromatic N) is 2. The van der Waals surface area contributed by atoms with Gasteiger partial charge in [-0.1, -0.05) is 19.3 Å². The van der Waals surface area contributed by atoms with Gasteiger partial charge in [-0.15, -0.1) is 0 Å². The van der Waals surface area contributed by atoms with Gasteiger partial charge in [-0.05, 0) is 33.2 Å². The third kappa shape index (κ3) is 3.93. The number of rotatable bonds is 4. The Hall–Kier alpha value is -0.610. The zero-order valence-electron chi connectivity index (χ0n) is 12.3. The molecule has 1 aliphatic heterocycles. The van der Waals surface area contributed by atoms with Crippen molar-refractivity contribution in [1.29, 1.82) is 0 Å². The van der Waals surface area contributed by atoms with Crippen LogP contribution in [0.5, 0.6) is 0 Å². The second-order valence-corrected chi connectivity index (χ2v) is 6.36. The number of carbonyl (C=O) groups is 1. The van der Waals surface area contributed by atoms with E-state index in [0.29, 0.717) is 18.5 Å². The lowest BCUT2D eigenvalue weighted by molar-refractivity contribution is -0.137. The van der Waals surface area contributed by atoms with Gasteiger partial charge in [0.25, 0.3) is 0 Å². The SMILES string of the molecule is CC1CN(C)C(CCC(=O)O)CN1C1CCCCC1. The fraction of sp³-hybridized carbons (Fsp3) is 0.933. The summed E-state index contributed by atoms with van der Waals surface area (Å²) in [6.07, 6.45) is 7.86. The van der Waals surface area contributed by atoms with Gasteiger partial charge in [-0.2, -0.15) is 0 Å². The minimum absolute atomic E-state index is 0.294. The van der Waals surface area contributed by atoms with E-state index in [2.05, 4.69) is 23.8 Å². The zero-order valence-corrected chi connectivity index (χ0v) is 12.3. The molecule has 0 radical (unpaired) electrons. The molecule has 1 heterocycles. The number of hydrogen-bond donors (Lipinski definition) is 1. The van der Waals surface area contributed by atoms with Gasteiger partial charge in [-0.25, -0.2) is 0 Å². The average Bonchev–Trinajstić information content (AvgIpc) is 2.38. The average molecular weight is 268 g/mol. The van der Waals surface area contributed by atoms with Crippen LogP contribution in [0.3, 0.4) is 0 Å². The molecule has 2 fully saturated rings. The van der Waals surface area contributed by atoms with E-state index in [4.69, 9.17) is 5.11 Å². The van der Waals surface area contributed by atoms with Crippen molar-refractivity contribution < 1.29 is 9.90 Å². The molecule has 2 rings (SSSR count). The molecule has 110 valence electrons. The van der Waals surface area contributed by atoms with Gasteiger partial charge in [-0.3, -0.25) is 9.69 Å². The first kappa shape index (κ1) is 14.8. The lowest BCUT2D eigenvalue weighted by Crippen LogP contribution is -2.59. The van der Waals surface area contributed by atoms with Crippen molar-refractivity contribution in [2.45, 2.75) is 70.0 Å². The highest BCUT2D eigenvalue weighted by atomic mass is 16.4. The Morgan fingerprint density at radius 3 is 2.53 bits per heavy atom. The normalized spacial score (nSPS) is 31.5. The molecule has 1 aliphatic carbocycles. The van der Waals surface area contributed by atoms with Gasteiger partial charge in [0.15, 0.2) is 0 Å². The standard InChI is InChI=1S/C15H28N2O2/c1-12-10-16(2)14(8-9-15(18)19)11-17(12)13-6-4-3-5-7-13/h12-14H,3-11H2,1-2H3,(H,18,19). The van der Waals surface area contributed by atoms with Crippen LogP contribution in [0.2, 0.25) is 0 Å².